The molecule has 120 valence electrons. The van der Waals surface area contributed by atoms with Crippen molar-refractivity contribution in [1.29, 1.82) is 0 Å². The van der Waals surface area contributed by atoms with Crippen LogP contribution in [0.15, 0.2) is 24.3 Å². The predicted octanol–water partition coefficient (Wildman–Crippen LogP) is 0.729. The van der Waals surface area contributed by atoms with Gasteiger partial charge in [0.1, 0.15) is 11.8 Å². The maximum atomic E-state index is 12.4. The Labute approximate surface area is 130 Å². The molecule has 0 saturated carbocycles. The lowest BCUT2D eigenvalue weighted by Gasteiger charge is -2.22. The third-order valence-electron chi connectivity index (χ3n) is 3.83. The van der Waals surface area contributed by atoms with Gasteiger partial charge in [0.05, 0.1) is 19.1 Å². The maximum absolute atomic E-state index is 12.4. The van der Waals surface area contributed by atoms with Crippen LogP contribution in [0.1, 0.15) is 18.9 Å². The monoisotopic (exact) mass is 306 g/mol. The second-order valence-electron chi connectivity index (χ2n) is 5.31. The van der Waals surface area contributed by atoms with Crippen molar-refractivity contribution < 1.29 is 19.1 Å². The molecule has 2 amide bonds. The van der Waals surface area contributed by atoms with Crippen LogP contribution in [0.5, 0.6) is 5.75 Å². The zero-order chi connectivity index (χ0) is 16.1. The molecule has 1 aromatic rings. The van der Waals surface area contributed by atoms with Gasteiger partial charge >= 0.3 is 0 Å². The molecule has 0 radical (unpaired) electrons. The summed E-state index contributed by atoms with van der Waals surface area (Å²) in [4.78, 5) is 25.5. The molecule has 1 saturated heterocycles. The number of nitrogens with two attached hydrogens (primary N) is 1. The number of benzene rings is 1. The minimum absolute atomic E-state index is 0.118. The number of likely N-dealkylation sites (tertiary alicyclic amines) is 1. The van der Waals surface area contributed by atoms with E-state index in [4.69, 9.17) is 15.2 Å². The molecule has 0 aliphatic carbocycles. The van der Waals surface area contributed by atoms with Crippen molar-refractivity contribution in [3.8, 4) is 5.75 Å². The molecule has 2 N–H and O–H groups in total. The van der Waals surface area contributed by atoms with E-state index in [2.05, 4.69) is 0 Å². The Morgan fingerprint density at radius 3 is 2.55 bits per heavy atom. The van der Waals surface area contributed by atoms with Gasteiger partial charge in [-0.15, -0.1) is 0 Å². The van der Waals surface area contributed by atoms with Crippen molar-refractivity contribution in [2.75, 3.05) is 20.3 Å². The molecule has 0 aromatic heterocycles. The van der Waals surface area contributed by atoms with E-state index in [9.17, 15) is 9.59 Å². The molecular formula is C16H22N2O4. The summed E-state index contributed by atoms with van der Waals surface area (Å²) in [6, 6.07) is 6.79. The third kappa shape index (κ3) is 3.76. The van der Waals surface area contributed by atoms with Crippen LogP contribution in [0, 0.1) is 0 Å². The lowest BCUT2D eigenvalue weighted by molar-refractivity contribution is -0.136. The lowest BCUT2D eigenvalue weighted by atomic mass is 10.1. The molecule has 1 aliphatic rings. The van der Waals surface area contributed by atoms with Crippen molar-refractivity contribution in [2.45, 2.75) is 31.9 Å². The molecule has 6 heteroatoms. The SMILES string of the molecule is CCOc1ccc(CC(=O)N2C[C@@H](OC)C[C@H]2C(N)=O)cc1. The standard InChI is InChI=1S/C16H22N2O4/c1-3-22-12-6-4-11(5-7-12)8-15(19)18-10-13(21-2)9-14(18)16(17)20/h4-7,13-14H,3,8-10H2,1-2H3,(H2,17,20)/t13-,14-/m0/s1. The molecule has 0 unspecified atom stereocenters. The summed E-state index contributed by atoms with van der Waals surface area (Å²) in [5.74, 6) is 0.168. The Hall–Kier alpha value is -2.08. The minimum Gasteiger partial charge on any atom is -0.494 e. The molecule has 22 heavy (non-hydrogen) atoms. The zero-order valence-electron chi connectivity index (χ0n) is 13.0. The molecule has 2 rings (SSSR count). The first-order chi connectivity index (χ1) is 10.5. The third-order valence-corrected chi connectivity index (χ3v) is 3.83. The van der Waals surface area contributed by atoms with Crippen LogP contribution in [0.4, 0.5) is 0 Å². The van der Waals surface area contributed by atoms with Crippen LogP contribution in [0.2, 0.25) is 0 Å². The number of amides is 2. The fraction of sp³-hybridized carbons (Fsp3) is 0.500. The molecule has 1 aliphatic heterocycles. The van der Waals surface area contributed by atoms with Crippen LogP contribution in [-0.2, 0) is 20.7 Å². The predicted molar refractivity (Wildman–Crippen MR) is 81.4 cm³/mol. The van der Waals surface area contributed by atoms with E-state index < -0.39 is 11.9 Å². The number of carbonyl (C=O) groups excluding carboxylic acids is 2. The molecule has 1 aromatic carbocycles. The van der Waals surface area contributed by atoms with Gasteiger partial charge in [0, 0.05) is 20.1 Å². The molecular weight excluding hydrogens is 284 g/mol. The normalized spacial score (nSPS) is 20.9. The second kappa shape index (κ2) is 7.26. The van der Waals surface area contributed by atoms with Crippen molar-refractivity contribution in [2.24, 2.45) is 5.73 Å². The average molecular weight is 306 g/mol. The van der Waals surface area contributed by atoms with E-state index in [-0.39, 0.29) is 18.4 Å². The van der Waals surface area contributed by atoms with Gasteiger partial charge < -0.3 is 20.1 Å². The van der Waals surface area contributed by atoms with E-state index in [1.807, 2.05) is 31.2 Å². The maximum Gasteiger partial charge on any atom is 0.240 e. The summed E-state index contributed by atoms with van der Waals surface area (Å²) < 4.78 is 10.6. The minimum atomic E-state index is -0.583. The van der Waals surface area contributed by atoms with E-state index >= 15 is 0 Å². The summed E-state index contributed by atoms with van der Waals surface area (Å²) in [5, 5.41) is 0. The van der Waals surface area contributed by atoms with Crippen LogP contribution < -0.4 is 10.5 Å². The summed E-state index contributed by atoms with van der Waals surface area (Å²) in [6.45, 7) is 2.92. The van der Waals surface area contributed by atoms with E-state index in [1.54, 1.807) is 7.11 Å². The average Bonchev–Trinajstić information content (AvgIpc) is 2.94. The quantitative estimate of drug-likeness (QED) is 0.840. The highest BCUT2D eigenvalue weighted by atomic mass is 16.5. The highest BCUT2D eigenvalue weighted by molar-refractivity contribution is 5.88. The Bertz CT molecular complexity index is 529. The molecule has 0 spiro atoms. The van der Waals surface area contributed by atoms with Crippen molar-refractivity contribution >= 4 is 11.8 Å². The molecule has 0 bridgehead atoms. The number of rotatable bonds is 6. The number of nitrogens with zero attached hydrogens (tertiary/aromatic N) is 1. The van der Waals surface area contributed by atoms with E-state index in [0.717, 1.165) is 11.3 Å². The van der Waals surface area contributed by atoms with Gasteiger partial charge in [-0.05, 0) is 24.6 Å². The van der Waals surface area contributed by atoms with Crippen molar-refractivity contribution in [3.63, 3.8) is 0 Å². The van der Waals surface area contributed by atoms with Gasteiger partial charge in [0.2, 0.25) is 11.8 Å². The first-order valence-corrected chi connectivity index (χ1v) is 7.38. The highest BCUT2D eigenvalue weighted by Gasteiger charge is 2.38. The Kier molecular flexibility index (Phi) is 5.38. The van der Waals surface area contributed by atoms with E-state index in [0.29, 0.717) is 19.6 Å². The number of carbonyl (C=O) groups is 2. The summed E-state index contributed by atoms with van der Waals surface area (Å²) in [5.41, 5.74) is 6.26. The molecule has 6 nitrogen and oxygen atoms in total. The molecule has 1 heterocycles. The number of primary amides is 1. The van der Waals surface area contributed by atoms with Gasteiger partial charge in [0.25, 0.3) is 0 Å². The van der Waals surface area contributed by atoms with Crippen LogP contribution >= 0.6 is 0 Å². The number of ether oxygens (including phenoxy) is 2. The fourth-order valence-corrected chi connectivity index (χ4v) is 2.66. The van der Waals surface area contributed by atoms with Crippen LogP contribution in [0.25, 0.3) is 0 Å². The molecule has 2 atom stereocenters. The number of hydrogen-bond acceptors (Lipinski definition) is 4. The highest BCUT2D eigenvalue weighted by Crippen LogP contribution is 2.21. The zero-order valence-corrected chi connectivity index (χ0v) is 13.0. The van der Waals surface area contributed by atoms with Gasteiger partial charge in [-0.25, -0.2) is 0 Å². The largest absolute Gasteiger partial charge is 0.494 e. The topological polar surface area (TPSA) is 81.9 Å². The Morgan fingerprint density at radius 2 is 2.00 bits per heavy atom. The van der Waals surface area contributed by atoms with Gasteiger partial charge in [-0.2, -0.15) is 0 Å². The van der Waals surface area contributed by atoms with Gasteiger partial charge in [-0.1, -0.05) is 12.1 Å². The summed E-state index contributed by atoms with van der Waals surface area (Å²) >= 11 is 0. The van der Waals surface area contributed by atoms with Crippen molar-refractivity contribution in [1.82, 2.24) is 4.90 Å². The summed E-state index contributed by atoms with van der Waals surface area (Å²) in [7, 11) is 1.57. The van der Waals surface area contributed by atoms with Gasteiger partial charge in [-0.3, -0.25) is 9.59 Å². The first-order valence-electron chi connectivity index (χ1n) is 7.38. The van der Waals surface area contributed by atoms with Gasteiger partial charge in [0.15, 0.2) is 0 Å². The Balaban J connectivity index is 2.02. The number of methoxy groups -OCH3 is 1. The Morgan fingerprint density at radius 1 is 1.32 bits per heavy atom. The summed E-state index contributed by atoms with van der Waals surface area (Å²) in [6.07, 6.45) is 0.551. The smallest absolute Gasteiger partial charge is 0.240 e. The van der Waals surface area contributed by atoms with Crippen molar-refractivity contribution in [3.05, 3.63) is 29.8 Å². The fourth-order valence-electron chi connectivity index (χ4n) is 2.66. The second-order valence-corrected chi connectivity index (χ2v) is 5.31. The number of hydrogen-bond donors (Lipinski definition) is 1. The molecule has 1 fully saturated rings. The lowest BCUT2D eigenvalue weighted by Crippen LogP contribution is -2.44. The van der Waals surface area contributed by atoms with Crippen LogP contribution in [-0.4, -0.2) is 49.1 Å². The van der Waals surface area contributed by atoms with Crippen LogP contribution in [0.3, 0.4) is 0 Å². The van der Waals surface area contributed by atoms with E-state index in [1.165, 1.54) is 4.90 Å². The first kappa shape index (κ1) is 16.3.